The van der Waals surface area contributed by atoms with E-state index < -0.39 is 5.54 Å². The molecule has 0 fully saturated rings. The number of nitrogens with two attached hydrogens (primary N) is 1. The maximum Gasteiger partial charge on any atom is 0.0605 e. The molecule has 0 aliphatic carbocycles. The Bertz CT molecular complexity index is 78.2. The summed E-state index contributed by atoms with van der Waals surface area (Å²) in [5.74, 6) is 0.556. The SMILES string of the molecule is C=CCCl.CC(C)(N)CO. The quantitative estimate of drug-likeness (QED) is 0.476. The highest BCUT2D eigenvalue weighted by Gasteiger charge is 2.05. The van der Waals surface area contributed by atoms with Gasteiger partial charge < -0.3 is 10.8 Å². The Morgan fingerprint density at radius 3 is 1.90 bits per heavy atom. The lowest BCUT2D eigenvalue weighted by Gasteiger charge is -2.12. The van der Waals surface area contributed by atoms with Gasteiger partial charge in [-0.25, -0.2) is 0 Å². The van der Waals surface area contributed by atoms with E-state index in [0.29, 0.717) is 5.88 Å². The summed E-state index contributed by atoms with van der Waals surface area (Å²) in [6, 6.07) is 0. The van der Waals surface area contributed by atoms with E-state index in [-0.39, 0.29) is 6.61 Å². The predicted molar refractivity (Wildman–Crippen MR) is 46.3 cm³/mol. The molecule has 0 aromatic heterocycles. The van der Waals surface area contributed by atoms with Gasteiger partial charge in [-0.3, -0.25) is 0 Å². The molecule has 0 aromatic rings. The molecule has 0 rings (SSSR count). The van der Waals surface area contributed by atoms with Crippen molar-refractivity contribution in [1.29, 1.82) is 0 Å². The lowest BCUT2D eigenvalue weighted by Crippen LogP contribution is -2.35. The minimum Gasteiger partial charge on any atom is -0.394 e. The van der Waals surface area contributed by atoms with Gasteiger partial charge in [-0.1, -0.05) is 6.08 Å². The Hall–Kier alpha value is -0.0500. The van der Waals surface area contributed by atoms with Crippen LogP contribution in [0, 0.1) is 0 Å². The Morgan fingerprint density at radius 1 is 1.70 bits per heavy atom. The fraction of sp³-hybridized carbons (Fsp3) is 0.714. The largest absolute Gasteiger partial charge is 0.394 e. The second-order valence-electron chi connectivity index (χ2n) is 2.59. The molecule has 2 nitrogen and oxygen atoms in total. The zero-order chi connectivity index (χ0) is 8.62. The molecule has 0 radical (unpaired) electrons. The fourth-order valence-corrected chi connectivity index (χ4v) is 0. The summed E-state index contributed by atoms with van der Waals surface area (Å²) in [6.07, 6.45) is 1.64. The van der Waals surface area contributed by atoms with Crippen LogP contribution in [0.3, 0.4) is 0 Å². The summed E-state index contributed by atoms with van der Waals surface area (Å²) in [5.41, 5.74) is 4.88. The topological polar surface area (TPSA) is 46.2 Å². The monoisotopic (exact) mass is 165 g/mol. The van der Waals surface area contributed by atoms with Gasteiger partial charge in [0.25, 0.3) is 0 Å². The molecule has 0 amide bonds. The predicted octanol–water partition coefficient (Wildman–Crippen LogP) is 1.13. The second kappa shape index (κ2) is 7.06. The van der Waals surface area contributed by atoms with Crippen LogP contribution in [-0.2, 0) is 0 Å². The van der Waals surface area contributed by atoms with E-state index in [0.717, 1.165) is 0 Å². The first-order valence-electron chi connectivity index (χ1n) is 3.04. The molecule has 0 spiro atoms. The van der Waals surface area contributed by atoms with Gasteiger partial charge in [0.15, 0.2) is 0 Å². The fourth-order valence-electron chi connectivity index (χ4n) is 0. The Kier molecular flexibility index (Phi) is 8.91. The average Bonchev–Trinajstić information content (AvgIpc) is 1.87. The highest BCUT2D eigenvalue weighted by Crippen LogP contribution is 1.89. The lowest BCUT2D eigenvalue weighted by atomic mass is 10.1. The molecule has 0 aliphatic heterocycles. The third-order valence-corrected chi connectivity index (χ3v) is 0.735. The highest BCUT2D eigenvalue weighted by molar-refractivity contribution is 6.18. The van der Waals surface area contributed by atoms with E-state index in [9.17, 15) is 0 Å². The number of hydrogen-bond acceptors (Lipinski definition) is 2. The third kappa shape index (κ3) is 24.6. The first kappa shape index (κ1) is 12.6. The molecule has 62 valence electrons. The maximum atomic E-state index is 8.28. The van der Waals surface area contributed by atoms with Gasteiger partial charge in [-0.2, -0.15) is 0 Å². The summed E-state index contributed by atoms with van der Waals surface area (Å²) in [4.78, 5) is 0. The number of allylic oxidation sites excluding steroid dienone is 1. The molecule has 0 saturated heterocycles. The summed E-state index contributed by atoms with van der Waals surface area (Å²) in [6.45, 7) is 6.94. The van der Waals surface area contributed by atoms with Crippen molar-refractivity contribution >= 4 is 11.6 Å². The molecule has 0 heterocycles. The van der Waals surface area contributed by atoms with Gasteiger partial charge in [0.05, 0.1) is 6.61 Å². The minimum absolute atomic E-state index is 0.0486. The van der Waals surface area contributed by atoms with Crippen molar-refractivity contribution in [3.8, 4) is 0 Å². The molecule has 0 aliphatic rings. The number of aliphatic hydroxyl groups excluding tert-OH is 1. The van der Waals surface area contributed by atoms with Crippen LogP contribution in [0.15, 0.2) is 12.7 Å². The van der Waals surface area contributed by atoms with Crippen molar-refractivity contribution in [1.82, 2.24) is 0 Å². The van der Waals surface area contributed by atoms with E-state index in [2.05, 4.69) is 6.58 Å². The van der Waals surface area contributed by atoms with Crippen LogP contribution in [0.5, 0.6) is 0 Å². The van der Waals surface area contributed by atoms with Crippen LogP contribution < -0.4 is 5.73 Å². The zero-order valence-corrected chi connectivity index (χ0v) is 7.36. The van der Waals surface area contributed by atoms with Gasteiger partial charge in [-0.05, 0) is 13.8 Å². The standard InChI is InChI=1S/C4H11NO.C3H5Cl/c1-4(2,5)3-6;1-2-3-4/h6H,3,5H2,1-2H3;2H,1,3H2. The molecule has 10 heavy (non-hydrogen) atoms. The van der Waals surface area contributed by atoms with Gasteiger partial charge in [0.2, 0.25) is 0 Å². The summed E-state index contributed by atoms with van der Waals surface area (Å²) in [7, 11) is 0. The Labute approximate surface area is 67.7 Å². The van der Waals surface area contributed by atoms with E-state index >= 15 is 0 Å². The van der Waals surface area contributed by atoms with Gasteiger partial charge in [-0.15, -0.1) is 18.2 Å². The van der Waals surface area contributed by atoms with Crippen LogP contribution >= 0.6 is 11.6 Å². The maximum absolute atomic E-state index is 8.28. The van der Waals surface area contributed by atoms with Crippen molar-refractivity contribution in [2.24, 2.45) is 5.73 Å². The average molecular weight is 166 g/mol. The van der Waals surface area contributed by atoms with E-state index in [4.69, 9.17) is 22.4 Å². The summed E-state index contributed by atoms with van der Waals surface area (Å²) >= 11 is 5.07. The molecule has 3 heteroatoms. The Morgan fingerprint density at radius 2 is 1.90 bits per heavy atom. The van der Waals surface area contributed by atoms with E-state index in [1.807, 2.05) is 0 Å². The second-order valence-corrected chi connectivity index (χ2v) is 2.90. The molecule has 0 atom stereocenters. The van der Waals surface area contributed by atoms with Gasteiger partial charge in [0.1, 0.15) is 0 Å². The van der Waals surface area contributed by atoms with Crippen LogP contribution in [0.4, 0.5) is 0 Å². The van der Waals surface area contributed by atoms with Crippen LogP contribution in [0.2, 0.25) is 0 Å². The minimum atomic E-state index is -0.403. The number of rotatable bonds is 2. The van der Waals surface area contributed by atoms with Gasteiger partial charge >= 0.3 is 0 Å². The number of aliphatic hydroxyl groups is 1. The van der Waals surface area contributed by atoms with Crippen molar-refractivity contribution in [3.05, 3.63) is 12.7 Å². The molecule has 0 bridgehead atoms. The smallest absolute Gasteiger partial charge is 0.0605 e. The van der Waals surface area contributed by atoms with Crippen molar-refractivity contribution in [3.63, 3.8) is 0 Å². The van der Waals surface area contributed by atoms with Crippen molar-refractivity contribution < 1.29 is 5.11 Å². The Balaban J connectivity index is 0. The number of hydrogen-bond donors (Lipinski definition) is 2. The van der Waals surface area contributed by atoms with Crippen molar-refractivity contribution in [2.45, 2.75) is 19.4 Å². The first-order chi connectivity index (χ1) is 4.47. The van der Waals surface area contributed by atoms with E-state index in [1.54, 1.807) is 19.9 Å². The molecular formula is C7H16ClNO. The van der Waals surface area contributed by atoms with E-state index in [1.165, 1.54) is 0 Å². The molecule has 0 saturated carbocycles. The number of halogens is 1. The molecule has 3 N–H and O–H groups in total. The third-order valence-electron chi connectivity index (χ3n) is 0.517. The lowest BCUT2D eigenvalue weighted by molar-refractivity contribution is 0.221. The molecule has 0 unspecified atom stereocenters. The highest BCUT2D eigenvalue weighted by atomic mass is 35.5. The van der Waals surface area contributed by atoms with Crippen LogP contribution in [0.1, 0.15) is 13.8 Å². The molecule has 0 aromatic carbocycles. The first-order valence-corrected chi connectivity index (χ1v) is 3.58. The summed E-state index contributed by atoms with van der Waals surface area (Å²) in [5, 5.41) is 8.28. The normalized spacial score (nSPS) is 9.70. The number of alkyl halides is 1. The molecular weight excluding hydrogens is 150 g/mol. The van der Waals surface area contributed by atoms with Gasteiger partial charge in [0, 0.05) is 11.4 Å². The van der Waals surface area contributed by atoms with Crippen LogP contribution in [0.25, 0.3) is 0 Å². The zero-order valence-electron chi connectivity index (χ0n) is 6.60. The van der Waals surface area contributed by atoms with Crippen LogP contribution in [-0.4, -0.2) is 23.1 Å². The van der Waals surface area contributed by atoms with Crippen molar-refractivity contribution in [2.75, 3.05) is 12.5 Å². The summed E-state index contributed by atoms with van der Waals surface area (Å²) < 4.78 is 0.